The van der Waals surface area contributed by atoms with Gasteiger partial charge in [-0.25, -0.2) is 0 Å². The summed E-state index contributed by atoms with van der Waals surface area (Å²) >= 11 is 0.659. The summed E-state index contributed by atoms with van der Waals surface area (Å²) in [6.45, 7) is 2.20. The van der Waals surface area contributed by atoms with E-state index in [1.54, 1.807) is 7.11 Å². The molecular formula is C16H28InNO2. The molecule has 0 radical (unpaired) electrons. The van der Waals surface area contributed by atoms with Gasteiger partial charge in [0.15, 0.2) is 0 Å². The fraction of sp³-hybridized carbons (Fsp3) is 0.688. The Hall–Kier alpha value is -0.0599. The molecule has 3 unspecified atom stereocenters. The molecule has 112 valence electrons. The summed E-state index contributed by atoms with van der Waals surface area (Å²) in [5.74, 6) is 0. The van der Waals surface area contributed by atoms with Crippen molar-refractivity contribution in [3.8, 4) is 0 Å². The third-order valence-corrected chi connectivity index (χ3v) is 6.68. The Morgan fingerprint density at radius 3 is 2.20 bits per heavy atom. The van der Waals surface area contributed by atoms with E-state index in [9.17, 15) is 0 Å². The maximum atomic E-state index is 5.64. The van der Waals surface area contributed by atoms with Crippen LogP contribution >= 0.6 is 0 Å². The molecule has 0 saturated carbocycles. The van der Waals surface area contributed by atoms with Crippen LogP contribution in [0.15, 0.2) is 24.5 Å². The molecule has 0 fully saturated rings. The van der Waals surface area contributed by atoms with Crippen molar-refractivity contribution in [2.24, 2.45) is 0 Å². The molecule has 0 aliphatic heterocycles. The Bertz CT molecular complexity index is 348. The zero-order valence-corrected chi connectivity index (χ0v) is 19.0. The van der Waals surface area contributed by atoms with Crippen molar-refractivity contribution in [3.05, 3.63) is 30.1 Å². The second-order valence-corrected chi connectivity index (χ2v) is 10.2. The summed E-state index contributed by atoms with van der Waals surface area (Å²) in [5, 5.41) is 0. The van der Waals surface area contributed by atoms with Crippen molar-refractivity contribution in [1.29, 1.82) is 0 Å². The molecular weight excluding hydrogens is 353 g/mol. The first kappa shape index (κ1) is 18.0. The van der Waals surface area contributed by atoms with Gasteiger partial charge in [0.25, 0.3) is 0 Å². The molecule has 0 spiro atoms. The summed E-state index contributed by atoms with van der Waals surface area (Å²) in [5.41, 5.74) is 1.41. The van der Waals surface area contributed by atoms with Crippen LogP contribution in [0.25, 0.3) is 0 Å². The number of ether oxygens (including phenoxy) is 2. The van der Waals surface area contributed by atoms with Crippen LogP contribution in [-0.2, 0) is 15.9 Å². The SMILES string of the molecule is CCCC(OC)C(CC[CH]([InH2])Cc1ccncc1)OC. The van der Waals surface area contributed by atoms with Crippen LogP contribution in [-0.4, -0.2) is 55.8 Å². The standard InChI is InChI=1S/C16H26NO2.In.2H/c1-4-7-15(18-2)16(19-3)9-6-5-8-14-10-12-17-13-11-14;;;/h5,10-13,15-16H,4,6-9H2,1-3H3;;;. The van der Waals surface area contributed by atoms with Gasteiger partial charge in [0, 0.05) is 0 Å². The van der Waals surface area contributed by atoms with E-state index in [1.807, 2.05) is 19.5 Å². The Morgan fingerprint density at radius 1 is 1.05 bits per heavy atom. The number of hydrogen-bond donors (Lipinski definition) is 0. The molecule has 1 aromatic heterocycles. The quantitative estimate of drug-likeness (QED) is 0.625. The molecule has 1 aromatic rings. The maximum absolute atomic E-state index is 5.64. The fourth-order valence-electron chi connectivity index (χ4n) is 2.67. The van der Waals surface area contributed by atoms with Gasteiger partial charge in [0.2, 0.25) is 0 Å². The van der Waals surface area contributed by atoms with Crippen molar-refractivity contribution >= 4 is 24.4 Å². The van der Waals surface area contributed by atoms with Gasteiger partial charge in [-0.3, -0.25) is 0 Å². The van der Waals surface area contributed by atoms with Crippen molar-refractivity contribution in [2.75, 3.05) is 14.2 Å². The topological polar surface area (TPSA) is 31.4 Å². The molecule has 0 bridgehead atoms. The van der Waals surface area contributed by atoms with E-state index >= 15 is 0 Å². The summed E-state index contributed by atoms with van der Waals surface area (Å²) in [6.07, 6.45) is 10.0. The number of hydrogen-bond acceptors (Lipinski definition) is 3. The molecule has 3 nitrogen and oxygen atoms in total. The molecule has 0 aliphatic rings. The molecule has 1 heterocycles. The van der Waals surface area contributed by atoms with E-state index in [4.69, 9.17) is 9.47 Å². The average molecular weight is 381 g/mol. The number of pyridine rings is 1. The summed E-state index contributed by atoms with van der Waals surface area (Å²) in [7, 11) is 3.61. The second kappa shape index (κ2) is 10.6. The summed E-state index contributed by atoms with van der Waals surface area (Å²) in [6, 6.07) is 4.26. The zero-order chi connectivity index (χ0) is 14.8. The van der Waals surface area contributed by atoms with Crippen LogP contribution in [0.1, 0.15) is 38.2 Å². The van der Waals surface area contributed by atoms with E-state index in [2.05, 4.69) is 24.0 Å². The third kappa shape index (κ3) is 6.59. The van der Waals surface area contributed by atoms with Gasteiger partial charge >= 0.3 is 138 Å². The molecule has 0 aromatic carbocycles. The van der Waals surface area contributed by atoms with E-state index in [1.165, 1.54) is 18.4 Å². The number of methoxy groups -OCH3 is 2. The molecule has 3 atom stereocenters. The fourth-order valence-corrected chi connectivity index (χ4v) is 4.96. The Morgan fingerprint density at radius 2 is 1.65 bits per heavy atom. The zero-order valence-electron chi connectivity index (χ0n) is 13.3. The second-order valence-electron chi connectivity index (χ2n) is 5.58. The Kier molecular flexibility index (Phi) is 9.57. The summed E-state index contributed by atoms with van der Waals surface area (Å²) < 4.78 is 12.1. The monoisotopic (exact) mass is 381 g/mol. The Balaban J connectivity index is 2.39. The first-order chi connectivity index (χ1) is 9.71. The van der Waals surface area contributed by atoms with Gasteiger partial charge in [0.05, 0.1) is 0 Å². The normalized spacial score (nSPS) is 15.8. The molecule has 20 heavy (non-hydrogen) atoms. The first-order valence-corrected chi connectivity index (χ1v) is 10.9. The average Bonchev–Trinajstić information content (AvgIpc) is 2.47. The predicted octanol–water partition coefficient (Wildman–Crippen LogP) is 2.66. The van der Waals surface area contributed by atoms with Gasteiger partial charge in [-0.15, -0.1) is 0 Å². The van der Waals surface area contributed by atoms with Crippen LogP contribution in [0.2, 0.25) is 3.67 Å². The minimum absolute atomic E-state index is 0.242. The number of aromatic nitrogens is 1. The number of rotatable bonds is 10. The third-order valence-electron chi connectivity index (χ3n) is 3.87. The van der Waals surface area contributed by atoms with Gasteiger partial charge in [0.1, 0.15) is 0 Å². The molecule has 0 amide bonds. The molecule has 0 saturated heterocycles. The van der Waals surface area contributed by atoms with Crippen LogP contribution < -0.4 is 0 Å². The predicted molar refractivity (Wildman–Crippen MR) is 86.0 cm³/mol. The van der Waals surface area contributed by atoms with Crippen LogP contribution in [0.5, 0.6) is 0 Å². The molecule has 1 rings (SSSR count). The number of nitrogens with zero attached hydrogens (tertiary/aromatic N) is 1. The van der Waals surface area contributed by atoms with Crippen LogP contribution in [0, 0.1) is 0 Å². The van der Waals surface area contributed by atoms with Crippen molar-refractivity contribution in [2.45, 2.75) is 54.9 Å². The molecule has 4 heteroatoms. The van der Waals surface area contributed by atoms with Crippen LogP contribution in [0.3, 0.4) is 0 Å². The van der Waals surface area contributed by atoms with Crippen molar-refractivity contribution in [3.63, 3.8) is 0 Å². The van der Waals surface area contributed by atoms with Crippen molar-refractivity contribution in [1.82, 2.24) is 4.98 Å². The van der Waals surface area contributed by atoms with E-state index in [0.29, 0.717) is 24.4 Å². The van der Waals surface area contributed by atoms with Crippen molar-refractivity contribution < 1.29 is 9.47 Å². The van der Waals surface area contributed by atoms with E-state index < -0.39 is 0 Å². The van der Waals surface area contributed by atoms with E-state index in [0.717, 1.165) is 22.9 Å². The minimum atomic E-state index is 0.242. The van der Waals surface area contributed by atoms with Gasteiger partial charge < -0.3 is 0 Å². The first-order valence-electron chi connectivity index (χ1n) is 7.65. The van der Waals surface area contributed by atoms with Gasteiger partial charge in [-0.1, -0.05) is 0 Å². The Labute approximate surface area is 138 Å². The molecule has 0 aliphatic carbocycles. The van der Waals surface area contributed by atoms with Gasteiger partial charge in [-0.05, 0) is 0 Å². The molecule has 0 N–H and O–H groups in total. The summed E-state index contributed by atoms with van der Waals surface area (Å²) in [4.78, 5) is 4.08. The van der Waals surface area contributed by atoms with Gasteiger partial charge in [-0.2, -0.15) is 0 Å². The van der Waals surface area contributed by atoms with E-state index in [-0.39, 0.29) is 12.2 Å². The van der Waals surface area contributed by atoms with Crippen LogP contribution in [0.4, 0.5) is 0 Å².